The van der Waals surface area contributed by atoms with Gasteiger partial charge in [-0.1, -0.05) is 25.1 Å². The monoisotopic (exact) mass is 255 g/mol. The first-order chi connectivity index (χ1) is 9.24. The van der Waals surface area contributed by atoms with E-state index in [1.54, 1.807) is 6.07 Å². The maximum absolute atomic E-state index is 9.50. The number of rotatable bonds is 5. The number of nitrogens with zero attached hydrogens (tertiary/aromatic N) is 2. The second-order valence-electron chi connectivity index (χ2n) is 4.46. The van der Waals surface area contributed by atoms with E-state index < -0.39 is 0 Å². The van der Waals surface area contributed by atoms with Crippen molar-refractivity contribution >= 4 is 16.7 Å². The molecule has 19 heavy (non-hydrogen) atoms. The first-order valence-electron chi connectivity index (χ1n) is 6.46. The van der Waals surface area contributed by atoms with Crippen molar-refractivity contribution in [2.45, 2.75) is 25.9 Å². The van der Waals surface area contributed by atoms with Gasteiger partial charge in [-0.25, -0.2) is 4.98 Å². The van der Waals surface area contributed by atoms with E-state index in [1.807, 2.05) is 31.2 Å². The third-order valence-corrected chi connectivity index (χ3v) is 3.09. The van der Waals surface area contributed by atoms with Gasteiger partial charge in [0.25, 0.3) is 0 Å². The minimum Gasteiger partial charge on any atom is -0.393 e. The number of para-hydroxylation sites is 1. The zero-order valence-corrected chi connectivity index (χ0v) is 10.9. The van der Waals surface area contributed by atoms with Gasteiger partial charge >= 0.3 is 0 Å². The summed E-state index contributed by atoms with van der Waals surface area (Å²) < 4.78 is 0. The fraction of sp³-hybridized carbons (Fsp3) is 0.333. The quantitative estimate of drug-likeness (QED) is 0.861. The van der Waals surface area contributed by atoms with Crippen molar-refractivity contribution in [2.75, 3.05) is 11.9 Å². The molecule has 1 aromatic carbocycles. The average molecular weight is 255 g/mol. The van der Waals surface area contributed by atoms with Gasteiger partial charge in [-0.3, -0.25) is 0 Å². The zero-order valence-electron chi connectivity index (χ0n) is 10.9. The first kappa shape index (κ1) is 13.3. The van der Waals surface area contributed by atoms with Crippen LogP contribution in [0.3, 0.4) is 0 Å². The molecular weight excluding hydrogens is 238 g/mol. The summed E-state index contributed by atoms with van der Waals surface area (Å²) in [4.78, 5) is 4.46. The van der Waals surface area contributed by atoms with Crippen LogP contribution in [0.4, 0.5) is 5.82 Å². The summed E-state index contributed by atoms with van der Waals surface area (Å²) in [6, 6.07) is 11.5. The maximum atomic E-state index is 9.50. The highest BCUT2D eigenvalue weighted by Gasteiger charge is 2.05. The molecule has 0 saturated heterocycles. The predicted octanol–water partition coefficient (Wildman–Crippen LogP) is 2.68. The molecule has 4 nitrogen and oxygen atoms in total. The van der Waals surface area contributed by atoms with E-state index in [9.17, 15) is 5.11 Å². The average Bonchev–Trinajstić information content (AvgIpc) is 2.46. The van der Waals surface area contributed by atoms with Crippen LogP contribution in [0.5, 0.6) is 0 Å². The Kier molecular flexibility index (Phi) is 4.32. The summed E-state index contributed by atoms with van der Waals surface area (Å²) >= 11 is 0. The number of nitrogens with one attached hydrogen (secondary N) is 1. The van der Waals surface area contributed by atoms with Crippen LogP contribution < -0.4 is 5.32 Å². The van der Waals surface area contributed by atoms with Gasteiger partial charge in [-0.2, -0.15) is 5.26 Å². The molecule has 1 atom stereocenters. The second-order valence-corrected chi connectivity index (χ2v) is 4.46. The van der Waals surface area contributed by atoms with Gasteiger partial charge in [0.2, 0.25) is 0 Å². The fourth-order valence-electron chi connectivity index (χ4n) is 1.93. The van der Waals surface area contributed by atoms with Crippen molar-refractivity contribution in [2.24, 2.45) is 0 Å². The Morgan fingerprint density at radius 3 is 2.95 bits per heavy atom. The number of pyridine rings is 1. The van der Waals surface area contributed by atoms with E-state index in [2.05, 4.69) is 16.4 Å². The first-order valence-corrected chi connectivity index (χ1v) is 6.46. The summed E-state index contributed by atoms with van der Waals surface area (Å²) in [5.41, 5.74) is 1.42. The maximum Gasteiger partial charge on any atom is 0.127 e. The van der Waals surface area contributed by atoms with Crippen molar-refractivity contribution in [3.05, 3.63) is 35.9 Å². The third kappa shape index (κ3) is 3.21. The van der Waals surface area contributed by atoms with E-state index in [1.165, 1.54) is 0 Å². The van der Waals surface area contributed by atoms with Gasteiger partial charge in [0.1, 0.15) is 5.82 Å². The molecule has 1 unspecified atom stereocenters. The molecule has 0 amide bonds. The predicted molar refractivity (Wildman–Crippen MR) is 75.9 cm³/mol. The SMILES string of the molecule is CCC(O)CCNc1cc(C#N)c2ccccc2n1. The molecular formula is C15H17N3O. The second kappa shape index (κ2) is 6.17. The van der Waals surface area contributed by atoms with Crippen LogP contribution in [0, 0.1) is 11.3 Å². The summed E-state index contributed by atoms with van der Waals surface area (Å²) in [6.45, 7) is 2.60. The largest absolute Gasteiger partial charge is 0.393 e. The van der Waals surface area contributed by atoms with Crippen molar-refractivity contribution in [1.29, 1.82) is 5.26 Å². The Labute approximate surface area is 112 Å². The van der Waals surface area contributed by atoms with Gasteiger partial charge in [-0.15, -0.1) is 0 Å². The highest BCUT2D eigenvalue weighted by atomic mass is 16.3. The number of aliphatic hydroxyl groups excluding tert-OH is 1. The number of benzene rings is 1. The van der Waals surface area contributed by atoms with E-state index in [4.69, 9.17) is 5.26 Å². The third-order valence-electron chi connectivity index (χ3n) is 3.09. The lowest BCUT2D eigenvalue weighted by atomic mass is 10.1. The van der Waals surface area contributed by atoms with Gasteiger partial charge in [-0.05, 0) is 25.0 Å². The standard InChI is InChI=1S/C15H17N3O/c1-2-12(19)7-8-17-15-9-11(10-16)13-5-3-4-6-14(13)18-15/h3-6,9,12,19H,2,7-8H2,1H3,(H,17,18). The molecule has 0 bridgehead atoms. The Bertz CT molecular complexity index is 604. The van der Waals surface area contributed by atoms with Gasteiger partial charge < -0.3 is 10.4 Å². The number of fused-ring (bicyclic) bond motifs is 1. The molecule has 2 N–H and O–H groups in total. The molecule has 98 valence electrons. The van der Waals surface area contributed by atoms with Crippen LogP contribution in [0.25, 0.3) is 10.9 Å². The summed E-state index contributed by atoms with van der Waals surface area (Å²) in [5.74, 6) is 0.679. The lowest BCUT2D eigenvalue weighted by molar-refractivity contribution is 0.164. The van der Waals surface area contributed by atoms with E-state index >= 15 is 0 Å². The van der Waals surface area contributed by atoms with Crippen LogP contribution in [0.2, 0.25) is 0 Å². The summed E-state index contributed by atoms with van der Waals surface area (Å²) in [5, 5.41) is 22.7. The molecule has 0 radical (unpaired) electrons. The van der Waals surface area contributed by atoms with Crippen LogP contribution >= 0.6 is 0 Å². The number of aromatic nitrogens is 1. The molecule has 0 aliphatic heterocycles. The highest BCUT2D eigenvalue weighted by Crippen LogP contribution is 2.19. The topological polar surface area (TPSA) is 68.9 Å². The number of nitriles is 1. The number of hydrogen-bond donors (Lipinski definition) is 2. The summed E-state index contributed by atoms with van der Waals surface area (Å²) in [6.07, 6.45) is 1.13. The molecule has 0 aliphatic carbocycles. The molecule has 2 rings (SSSR count). The van der Waals surface area contributed by atoms with Crippen molar-refractivity contribution in [3.63, 3.8) is 0 Å². The van der Waals surface area contributed by atoms with Gasteiger partial charge in [0.05, 0.1) is 23.3 Å². The van der Waals surface area contributed by atoms with Gasteiger partial charge in [0.15, 0.2) is 0 Å². The van der Waals surface area contributed by atoms with Crippen LogP contribution in [-0.4, -0.2) is 22.7 Å². The molecule has 4 heteroatoms. The molecule has 0 aliphatic rings. The molecule has 1 heterocycles. The number of aliphatic hydroxyl groups is 1. The Morgan fingerprint density at radius 2 is 2.21 bits per heavy atom. The zero-order chi connectivity index (χ0) is 13.7. The Hall–Kier alpha value is -2.12. The van der Waals surface area contributed by atoms with Crippen LogP contribution in [-0.2, 0) is 0 Å². The molecule has 2 aromatic rings. The molecule has 0 spiro atoms. The number of anilines is 1. The Morgan fingerprint density at radius 1 is 1.42 bits per heavy atom. The Balaban J connectivity index is 2.18. The van der Waals surface area contributed by atoms with E-state index in [0.717, 1.165) is 17.3 Å². The highest BCUT2D eigenvalue weighted by molar-refractivity contribution is 5.86. The van der Waals surface area contributed by atoms with Crippen molar-refractivity contribution < 1.29 is 5.11 Å². The van der Waals surface area contributed by atoms with Crippen LogP contribution in [0.1, 0.15) is 25.3 Å². The van der Waals surface area contributed by atoms with E-state index in [0.29, 0.717) is 24.3 Å². The molecule has 1 aromatic heterocycles. The van der Waals surface area contributed by atoms with Crippen LogP contribution in [0.15, 0.2) is 30.3 Å². The minimum atomic E-state index is -0.289. The fourth-order valence-corrected chi connectivity index (χ4v) is 1.93. The number of hydrogen-bond acceptors (Lipinski definition) is 4. The minimum absolute atomic E-state index is 0.289. The smallest absolute Gasteiger partial charge is 0.127 e. The van der Waals surface area contributed by atoms with Crippen molar-refractivity contribution in [3.8, 4) is 6.07 Å². The van der Waals surface area contributed by atoms with E-state index in [-0.39, 0.29) is 6.10 Å². The molecule has 0 saturated carbocycles. The summed E-state index contributed by atoms with van der Waals surface area (Å²) in [7, 11) is 0. The normalized spacial score (nSPS) is 12.1. The van der Waals surface area contributed by atoms with Gasteiger partial charge in [0, 0.05) is 11.9 Å². The lowest BCUT2D eigenvalue weighted by Gasteiger charge is -2.10. The lowest BCUT2D eigenvalue weighted by Crippen LogP contribution is -2.13. The molecule has 0 fully saturated rings. The van der Waals surface area contributed by atoms with Crippen molar-refractivity contribution in [1.82, 2.24) is 4.98 Å².